The minimum absolute atomic E-state index is 0.711. The minimum atomic E-state index is -0.893. The Morgan fingerprint density at radius 3 is 2.40 bits per heavy atom. The highest BCUT2D eigenvalue weighted by Crippen LogP contribution is 2.24. The van der Waals surface area contributed by atoms with Crippen LogP contribution in [0.25, 0.3) is 0 Å². The molecule has 0 aliphatic rings. The van der Waals surface area contributed by atoms with Gasteiger partial charge in [0.25, 0.3) is 0 Å². The number of benzene rings is 1. The van der Waals surface area contributed by atoms with Crippen LogP contribution in [0, 0.1) is 0 Å². The third-order valence-electron chi connectivity index (χ3n) is 1.33. The van der Waals surface area contributed by atoms with Crippen LogP contribution < -0.4 is 0 Å². The third-order valence-corrected chi connectivity index (χ3v) is 2.06. The van der Waals surface area contributed by atoms with Gasteiger partial charge in [0.2, 0.25) is 0 Å². The van der Waals surface area contributed by atoms with E-state index >= 15 is 0 Å². The van der Waals surface area contributed by atoms with E-state index in [0.29, 0.717) is 5.56 Å². The van der Waals surface area contributed by atoms with Crippen molar-refractivity contribution in [3.05, 3.63) is 34.3 Å². The molecule has 1 aromatic carbocycles. The average molecular weight is 203 g/mol. The summed E-state index contributed by atoms with van der Waals surface area (Å²) >= 11 is 3.26. The zero-order valence-corrected chi connectivity index (χ0v) is 7.23. The Bertz CT molecular complexity index is 220. The van der Waals surface area contributed by atoms with Crippen LogP contribution in [0.1, 0.15) is 18.7 Å². The van der Waals surface area contributed by atoms with E-state index in [-0.39, 0.29) is 0 Å². The van der Waals surface area contributed by atoms with E-state index in [0.717, 1.165) is 4.47 Å². The van der Waals surface area contributed by atoms with Crippen molar-refractivity contribution in [3.63, 3.8) is 0 Å². The Hall–Kier alpha value is -0.370. The fourth-order valence-electron chi connectivity index (χ4n) is 0.798. The average Bonchev–Trinajstić information content (AvgIpc) is 1.88. The largest absolute Gasteiger partial charge is 0.243 e. The van der Waals surface area contributed by atoms with Crippen molar-refractivity contribution in [1.82, 2.24) is 0 Å². The van der Waals surface area contributed by atoms with Gasteiger partial charge in [0.15, 0.2) is 0 Å². The Kier molecular flexibility index (Phi) is 2.44. The van der Waals surface area contributed by atoms with Crippen molar-refractivity contribution in [2.75, 3.05) is 0 Å². The number of alkyl halides is 1. The number of rotatable bonds is 1. The number of hydrogen-bond donors (Lipinski definition) is 0. The Morgan fingerprint density at radius 1 is 1.40 bits per heavy atom. The van der Waals surface area contributed by atoms with Crippen LogP contribution in [0.5, 0.6) is 0 Å². The van der Waals surface area contributed by atoms with Crippen LogP contribution in [0.3, 0.4) is 0 Å². The van der Waals surface area contributed by atoms with Crippen LogP contribution in [-0.4, -0.2) is 0 Å². The third kappa shape index (κ3) is 1.57. The molecule has 0 heterocycles. The maximum atomic E-state index is 12.7. The van der Waals surface area contributed by atoms with Gasteiger partial charge in [-0.1, -0.05) is 34.1 Å². The molecule has 10 heavy (non-hydrogen) atoms. The quantitative estimate of drug-likeness (QED) is 0.655. The second-order valence-electron chi connectivity index (χ2n) is 2.14. The molecule has 0 radical (unpaired) electrons. The predicted octanol–water partition coefficient (Wildman–Crippen LogP) is 3.48. The van der Waals surface area contributed by atoms with Crippen molar-refractivity contribution < 1.29 is 4.39 Å². The molecule has 1 atom stereocenters. The van der Waals surface area contributed by atoms with Gasteiger partial charge < -0.3 is 0 Å². The first kappa shape index (κ1) is 7.73. The summed E-state index contributed by atoms with van der Waals surface area (Å²) in [7, 11) is 0. The minimum Gasteiger partial charge on any atom is -0.243 e. The van der Waals surface area contributed by atoms with Gasteiger partial charge >= 0.3 is 0 Å². The summed E-state index contributed by atoms with van der Waals surface area (Å²) in [5.74, 6) is 0. The summed E-state index contributed by atoms with van der Waals surface area (Å²) in [6.07, 6.45) is -0.893. The molecule has 0 spiro atoms. The van der Waals surface area contributed by atoms with E-state index in [1.54, 1.807) is 6.07 Å². The molecule has 0 aromatic heterocycles. The summed E-state index contributed by atoms with van der Waals surface area (Å²) < 4.78 is 13.5. The molecule has 0 unspecified atom stereocenters. The molecular weight excluding hydrogens is 195 g/mol. The maximum absolute atomic E-state index is 12.7. The summed E-state index contributed by atoms with van der Waals surface area (Å²) in [4.78, 5) is 0. The first-order valence-corrected chi connectivity index (χ1v) is 3.89. The summed E-state index contributed by atoms with van der Waals surface area (Å²) in [6.45, 7) is 1.53. The molecule has 1 rings (SSSR count). The lowest BCUT2D eigenvalue weighted by Gasteiger charge is -2.02. The van der Waals surface area contributed by atoms with Crippen LogP contribution in [0.2, 0.25) is 0 Å². The predicted molar refractivity (Wildman–Crippen MR) is 43.7 cm³/mol. The fraction of sp³-hybridized carbons (Fsp3) is 0.250. The summed E-state index contributed by atoms with van der Waals surface area (Å²) in [5, 5.41) is 0. The van der Waals surface area contributed by atoms with Crippen LogP contribution in [-0.2, 0) is 0 Å². The molecule has 0 saturated carbocycles. The highest BCUT2D eigenvalue weighted by Gasteiger charge is 2.04. The van der Waals surface area contributed by atoms with E-state index in [2.05, 4.69) is 15.9 Å². The normalized spacial score (nSPS) is 13.1. The molecule has 0 fully saturated rings. The SMILES string of the molecule is C[C@H](F)c1ccccc1Br. The van der Waals surface area contributed by atoms with Gasteiger partial charge in [-0.2, -0.15) is 0 Å². The van der Waals surface area contributed by atoms with E-state index in [1.165, 1.54) is 6.92 Å². The molecule has 2 heteroatoms. The smallest absolute Gasteiger partial charge is 0.123 e. The maximum Gasteiger partial charge on any atom is 0.123 e. The zero-order valence-electron chi connectivity index (χ0n) is 5.64. The second-order valence-corrected chi connectivity index (χ2v) is 2.99. The molecule has 0 N–H and O–H groups in total. The molecule has 0 aliphatic carbocycles. The van der Waals surface area contributed by atoms with Gasteiger partial charge in [0, 0.05) is 4.47 Å². The zero-order chi connectivity index (χ0) is 7.56. The van der Waals surface area contributed by atoms with Gasteiger partial charge in [0.05, 0.1) is 0 Å². The Labute approximate surface area is 68.2 Å². The lowest BCUT2D eigenvalue weighted by molar-refractivity contribution is 0.373. The van der Waals surface area contributed by atoms with E-state index in [9.17, 15) is 4.39 Å². The molecule has 54 valence electrons. The van der Waals surface area contributed by atoms with Gasteiger partial charge in [0.1, 0.15) is 6.17 Å². The van der Waals surface area contributed by atoms with E-state index in [1.807, 2.05) is 18.2 Å². The highest BCUT2D eigenvalue weighted by atomic mass is 79.9. The number of hydrogen-bond acceptors (Lipinski definition) is 0. The molecule has 1 aromatic rings. The molecule has 0 aliphatic heterocycles. The lowest BCUT2D eigenvalue weighted by atomic mass is 10.1. The summed E-state index contributed by atoms with van der Waals surface area (Å²) in [5.41, 5.74) is 0.711. The van der Waals surface area contributed by atoms with Gasteiger partial charge in [-0.3, -0.25) is 0 Å². The second kappa shape index (κ2) is 3.15. The van der Waals surface area contributed by atoms with Crippen molar-refractivity contribution in [3.8, 4) is 0 Å². The molecule has 0 nitrogen and oxygen atoms in total. The monoisotopic (exact) mass is 202 g/mol. The first-order chi connectivity index (χ1) is 4.72. The van der Waals surface area contributed by atoms with Gasteiger partial charge in [-0.05, 0) is 18.6 Å². The fourth-order valence-corrected chi connectivity index (χ4v) is 1.40. The molecular formula is C8H8BrF. The van der Waals surface area contributed by atoms with Gasteiger partial charge in [-0.25, -0.2) is 4.39 Å². The van der Waals surface area contributed by atoms with Crippen molar-refractivity contribution in [1.29, 1.82) is 0 Å². The van der Waals surface area contributed by atoms with Crippen molar-refractivity contribution in [2.24, 2.45) is 0 Å². The van der Waals surface area contributed by atoms with E-state index < -0.39 is 6.17 Å². The first-order valence-electron chi connectivity index (χ1n) is 3.10. The molecule has 0 saturated heterocycles. The van der Waals surface area contributed by atoms with Crippen LogP contribution in [0.4, 0.5) is 4.39 Å². The summed E-state index contributed by atoms with van der Waals surface area (Å²) in [6, 6.07) is 7.31. The van der Waals surface area contributed by atoms with Crippen LogP contribution >= 0.6 is 15.9 Å². The highest BCUT2D eigenvalue weighted by molar-refractivity contribution is 9.10. The molecule has 0 bridgehead atoms. The van der Waals surface area contributed by atoms with Crippen molar-refractivity contribution in [2.45, 2.75) is 13.1 Å². The lowest BCUT2D eigenvalue weighted by Crippen LogP contribution is -1.85. The van der Waals surface area contributed by atoms with E-state index in [4.69, 9.17) is 0 Å². The topological polar surface area (TPSA) is 0 Å². The molecule has 0 amide bonds. The Balaban J connectivity index is 3.03. The number of halogens is 2. The Morgan fingerprint density at radius 2 is 2.00 bits per heavy atom. The van der Waals surface area contributed by atoms with Crippen molar-refractivity contribution >= 4 is 15.9 Å². The standard InChI is InChI=1S/C8H8BrF/c1-6(10)7-4-2-3-5-8(7)9/h2-6H,1H3/t6-/m0/s1. The van der Waals surface area contributed by atoms with Gasteiger partial charge in [-0.15, -0.1) is 0 Å². The van der Waals surface area contributed by atoms with Crippen LogP contribution in [0.15, 0.2) is 28.7 Å².